The lowest BCUT2D eigenvalue weighted by Crippen LogP contribution is -2.19. The fourth-order valence-electron chi connectivity index (χ4n) is 4.88. The molecular weight excluding hydrogens is 168 g/mol. The van der Waals surface area contributed by atoms with E-state index in [0.29, 0.717) is 0 Å². The van der Waals surface area contributed by atoms with Gasteiger partial charge in [-0.1, -0.05) is 32.6 Å². The highest BCUT2D eigenvalue weighted by Crippen LogP contribution is 2.53. The van der Waals surface area contributed by atoms with Crippen LogP contribution in [-0.4, -0.2) is 0 Å². The number of rotatable bonds is 1. The van der Waals surface area contributed by atoms with Crippen molar-refractivity contribution in [2.75, 3.05) is 0 Å². The maximum atomic E-state index is 2.48. The molecule has 0 aromatic heterocycles. The zero-order chi connectivity index (χ0) is 9.54. The summed E-state index contributed by atoms with van der Waals surface area (Å²) in [6, 6.07) is 0. The minimum atomic E-state index is 1.05. The molecule has 0 nitrogen and oxygen atoms in total. The van der Waals surface area contributed by atoms with E-state index in [1.807, 2.05) is 0 Å². The van der Waals surface area contributed by atoms with E-state index in [9.17, 15) is 0 Å². The largest absolute Gasteiger partial charge is 0.0625 e. The molecule has 0 heterocycles. The first-order valence-corrected chi connectivity index (χ1v) is 6.83. The molecule has 0 heteroatoms. The zero-order valence-electron chi connectivity index (χ0n) is 9.54. The van der Waals surface area contributed by atoms with E-state index in [4.69, 9.17) is 0 Å². The third kappa shape index (κ3) is 1.51. The first-order chi connectivity index (χ1) is 6.83. The standard InChI is InChI=1S/C14H24/c1-10-6-11-8-13(7-10)14(9-11)12-4-2-3-5-12/h10-14H,2-9H2,1H3. The van der Waals surface area contributed by atoms with Gasteiger partial charge in [0.25, 0.3) is 0 Å². The Morgan fingerprint density at radius 2 is 1.57 bits per heavy atom. The highest BCUT2D eigenvalue weighted by atomic mass is 14.5. The van der Waals surface area contributed by atoms with Crippen LogP contribution < -0.4 is 0 Å². The van der Waals surface area contributed by atoms with Gasteiger partial charge in [0, 0.05) is 0 Å². The van der Waals surface area contributed by atoms with E-state index < -0.39 is 0 Å². The Balaban J connectivity index is 1.70. The molecule has 3 saturated carbocycles. The molecule has 0 aromatic rings. The lowest BCUT2D eigenvalue weighted by atomic mass is 9.77. The minimum absolute atomic E-state index is 1.05. The molecule has 0 saturated heterocycles. The number of hydrogen-bond donors (Lipinski definition) is 0. The molecule has 0 N–H and O–H groups in total. The molecule has 3 fully saturated rings. The Hall–Kier alpha value is 0. The van der Waals surface area contributed by atoms with Gasteiger partial charge in [0.15, 0.2) is 0 Å². The second kappa shape index (κ2) is 3.54. The van der Waals surface area contributed by atoms with E-state index in [0.717, 1.165) is 29.6 Å². The molecule has 14 heavy (non-hydrogen) atoms. The monoisotopic (exact) mass is 192 g/mol. The van der Waals surface area contributed by atoms with Crippen LogP contribution in [0.2, 0.25) is 0 Å². The van der Waals surface area contributed by atoms with Gasteiger partial charge in [0.2, 0.25) is 0 Å². The fourth-order valence-corrected chi connectivity index (χ4v) is 4.88. The maximum absolute atomic E-state index is 2.48. The van der Waals surface area contributed by atoms with Crippen molar-refractivity contribution >= 4 is 0 Å². The molecule has 3 aliphatic rings. The minimum Gasteiger partial charge on any atom is -0.0625 e. The van der Waals surface area contributed by atoms with Crippen molar-refractivity contribution in [2.24, 2.45) is 29.6 Å². The summed E-state index contributed by atoms with van der Waals surface area (Å²) in [7, 11) is 0. The van der Waals surface area contributed by atoms with E-state index in [1.54, 1.807) is 38.5 Å². The average molecular weight is 192 g/mol. The van der Waals surface area contributed by atoms with Crippen LogP contribution in [-0.2, 0) is 0 Å². The van der Waals surface area contributed by atoms with Gasteiger partial charge in [-0.05, 0) is 55.3 Å². The molecule has 0 aliphatic heterocycles. The van der Waals surface area contributed by atoms with E-state index in [2.05, 4.69) is 6.92 Å². The summed E-state index contributed by atoms with van der Waals surface area (Å²) in [4.78, 5) is 0. The molecule has 80 valence electrons. The van der Waals surface area contributed by atoms with E-state index >= 15 is 0 Å². The summed E-state index contributed by atoms with van der Waals surface area (Å²) in [5, 5.41) is 0. The number of hydrogen-bond acceptors (Lipinski definition) is 0. The predicted molar refractivity (Wildman–Crippen MR) is 60.1 cm³/mol. The summed E-state index contributed by atoms with van der Waals surface area (Å²) in [5.74, 6) is 5.63. The van der Waals surface area contributed by atoms with Crippen molar-refractivity contribution in [2.45, 2.75) is 58.3 Å². The third-order valence-corrected chi connectivity index (χ3v) is 5.29. The van der Waals surface area contributed by atoms with Gasteiger partial charge < -0.3 is 0 Å². The van der Waals surface area contributed by atoms with E-state index in [1.165, 1.54) is 12.8 Å². The Morgan fingerprint density at radius 3 is 2.36 bits per heavy atom. The normalized spacial score (nSPS) is 48.6. The van der Waals surface area contributed by atoms with Crippen LogP contribution in [0.4, 0.5) is 0 Å². The van der Waals surface area contributed by atoms with Crippen LogP contribution in [0.25, 0.3) is 0 Å². The summed E-state index contributed by atoms with van der Waals surface area (Å²) in [5.41, 5.74) is 0. The summed E-state index contributed by atoms with van der Waals surface area (Å²) >= 11 is 0. The topological polar surface area (TPSA) is 0 Å². The summed E-state index contributed by atoms with van der Waals surface area (Å²) in [6.45, 7) is 2.48. The van der Waals surface area contributed by atoms with Crippen LogP contribution in [0.5, 0.6) is 0 Å². The molecule has 0 spiro atoms. The lowest BCUT2D eigenvalue weighted by Gasteiger charge is -2.28. The molecular formula is C14H24. The van der Waals surface area contributed by atoms with Crippen LogP contribution in [0.15, 0.2) is 0 Å². The van der Waals surface area contributed by atoms with Gasteiger partial charge in [-0.25, -0.2) is 0 Å². The molecule has 3 rings (SSSR count). The summed E-state index contributed by atoms with van der Waals surface area (Å²) < 4.78 is 0. The van der Waals surface area contributed by atoms with E-state index in [-0.39, 0.29) is 0 Å². The SMILES string of the molecule is CC1CC2CC(C1)C(C1CCCC1)C2. The second-order valence-corrected chi connectivity index (χ2v) is 6.38. The van der Waals surface area contributed by atoms with Gasteiger partial charge in [-0.15, -0.1) is 0 Å². The Labute approximate surface area is 88.5 Å². The zero-order valence-corrected chi connectivity index (χ0v) is 9.54. The van der Waals surface area contributed by atoms with Crippen molar-refractivity contribution in [3.05, 3.63) is 0 Å². The summed E-state index contributed by atoms with van der Waals surface area (Å²) in [6.07, 6.45) is 12.6. The lowest BCUT2D eigenvalue weighted by molar-refractivity contribution is 0.219. The highest BCUT2D eigenvalue weighted by Gasteiger charge is 2.43. The van der Waals surface area contributed by atoms with Crippen molar-refractivity contribution in [3.8, 4) is 0 Å². The van der Waals surface area contributed by atoms with Crippen molar-refractivity contribution in [1.82, 2.24) is 0 Å². The maximum Gasteiger partial charge on any atom is -0.0355 e. The highest BCUT2D eigenvalue weighted by molar-refractivity contribution is 4.93. The van der Waals surface area contributed by atoms with Gasteiger partial charge in [-0.3, -0.25) is 0 Å². The molecule has 4 unspecified atom stereocenters. The van der Waals surface area contributed by atoms with Crippen molar-refractivity contribution in [1.29, 1.82) is 0 Å². The van der Waals surface area contributed by atoms with Gasteiger partial charge in [0.05, 0.1) is 0 Å². The second-order valence-electron chi connectivity index (χ2n) is 6.38. The number of fused-ring (bicyclic) bond motifs is 2. The molecule has 2 bridgehead atoms. The van der Waals surface area contributed by atoms with Gasteiger partial charge >= 0.3 is 0 Å². The van der Waals surface area contributed by atoms with Gasteiger partial charge in [-0.2, -0.15) is 0 Å². The molecule has 0 amide bonds. The van der Waals surface area contributed by atoms with Crippen LogP contribution in [0.3, 0.4) is 0 Å². The average Bonchev–Trinajstić information content (AvgIpc) is 2.72. The Bertz CT molecular complexity index is 202. The fraction of sp³-hybridized carbons (Fsp3) is 1.00. The first kappa shape index (κ1) is 9.24. The molecule has 3 aliphatic carbocycles. The van der Waals surface area contributed by atoms with Crippen molar-refractivity contribution < 1.29 is 0 Å². The molecule has 0 aromatic carbocycles. The van der Waals surface area contributed by atoms with Crippen LogP contribution in [0, 0.1) is 29.6 Å². The smallest absolute Gasteiger partial charge is 0.0355 e. The quantitative estimate of drug-likeness (QED) is 0.582. The Kier molecular flexibility index (Phi) is 2.34. The van der Waals surface area contributed by atoms with Crippen molar-refractivity contribution in [3.63, 3.8) is 0 Å². The molecule has 0 radical (unpaired) electrons. The van der Waals surface area contributed by atoms with Crippen LogP contribution in [0.1, 0.15) is 58.3 Å². The van der Waals surface area contributed by atoms with Crippen LogP contribution >= 0.6 is 0 Å². The predicted octanol–water partition coefficient (Wildman–Crippen LogP) is 4.25. The first-order valence-electron chi connectivity index (χ1n) is 6.83. The third-order valence-electron chi connectivity index (χ3n) is 5.29. The van der Waals surface area contributed by atoms with Gasteiger partial charge in [0.1, 0.15) is 0 Å². The molecule has 4 atom stereocenters. The Morgan fingerprint density at radius 1 is 0.786 bits per heavy atom.